The second-order valence-electron chi connectivity index (χ2n) is 5.27. The summed E-state index contributed by atoms with van der Waals surface area (Å²) in [5, 5.41) is 2.40. The summed E-state index contributed by atoms with van der Waals surface area (Å²) < 4.78 is 3.17. The predicted molar refractivity (Wildman–Crippen MR) is 89.0 cm³/mol. The minimum atomic E-state index is 0.302. The lowest BCUT2D eigenvalue weighted by atomic mass is 10.1. The van der Waals surface area contributed by atoms with E-state index in [1.165, 1.54) is 17.2 Å². The molecule has 0 spiro atoms. The van der Waals surface area contributed by atoms with Gasteiger partial charge in [0.15, 0.2) is 0 Å². The summed E-state index contributed by atoms with van der Waals surface area (Å²) in [6.07, 6.45) is 2.30. The van der Waals surface area contributed by atoms with Crippen molar-refractivity contribution in [2.75, 3.05) is 6.54 Å². The molecule has 1 N–H and O–H groups in total. The first-order valence-corrected chi connectivity index (χ1v) is 7.95. The van der Waals surface area contributed by atoms with Gasteiger partial charge in [-0.15, -0.1) is 0 Å². The van der Waals surface area contributed by atoms with Crippen LogP contribution in [0.5, 0.6) is 0 Å². The molecular weight excluding hydrogens is 334 g/mol. The Morgan fingerprint density at radius 1 is 1.30 bits per heavy atom. The zero-order chi connectivity index (χ0) is 13.7. The number of hydrogen-bond donors (Lipinski definition) is 2. The van der Waals surface area contributed by atoms with Gasteiger partial charge in [0.2, 0.25) is 0 Å². The number of H-pyrrole nitrogens is 1. The summed E-state index contributed by atoms with van der Waals surface area (Å²) in [5.41, 5.74) is 2.15. The van der Waals surface area contributed by atoms with Gasteiger partial charge in [0.05, 0.1) is 17.1 Å². The van der Waals surface area contributed by atoms with Crippen LogP contribution in [0, 0.1) is 0 Å². The van der Waals surface area contributed by atoms with Crippen molar-refractivity contribution < 1.29 is 0 Å². The van der Waals surface area contributed by atoms with Crippen LogP contribution in [0.4, 0.5) is 0 Å². The molecule has 0 saturated carbocycles. The maximum absolute atomic E-state index is 4.84. The van der Waals surface area contributed by atoms with Crippen molar-refractivity contribution in [1.82, 2.24) is 14.3 Å². The van der Waals surface area contributed by atoms with E-state index < -0.39 is 0 Å². The van der Waals surface area contributed by atoms with Crippen molar-refractivity contribution in [1.29, 1.82) is 0 Å². The number of thiol groups is 1. The lowest BCUT2D eigenvalue weighted by Gasteiger charge is -2.14. The van der Waals surface area contributed by atoms with Crippen LogP contribution in [-0.4, -0.2) is 20.8 Å². The van der Waals surface area contributed by atoms with Gasteiger partial charge in [-0.05, 0) is 36.4 Å². The Morgan fingerprint density at radius 3 is 3.00 bits per heavy atom. The SMILES string of the molecule is SN1CCCC1c1nc2c(ccc3cc(Br)ccc32)[nH]1. The summed E-state index contributed by atoms with van der Waals surface area (Å²) >= 11 is 8.05. The lowest BCUT2D eigenvalue weighted by Crippen LogP contribution is -2.12. The molecule has 0 radical (unpaired) electrons. The molecule has 2 heterocycles. The fourth-order valence-electron chi connectivity index (χ4n) is 2.98. The van der Waals surface area contributed by atoms with Crippen molar-refractivity contribution >= 4 is 50.6 Å². The van der Waals surface area contributed by atoms with Gasteiger partial charge in [-0.1, -0.05) is 40.9 Å². The van der Waals surface area contributed by atoms with Crippen LogP contribution in [0.3, 0.4) is 0 Å². The number of hydrogen-bond acceptors (Lipinski definition) is 3. The normalized spacial score (nSPS) is 20.2. The molecule has 1 aliphatic heterocycles. The highest BCUT2D eigenvalue weighted by molar-refractivity contribution is 9.10. The molecule has 3 aromatic rings. The van der Waals surface area contributed by atoms with Gasteiger partial charge in [0.1, 0.15) is 5.82 Å². The second kappa shape index (κ2) is 4.76. The van der Waals surface area contributed by atoms with E-state index in [4.69, 9.17) is 4.98 Å². The largest absolute Gasteiger partial charge is 0.341 e. The number of halogens is 1. The van der Waals surface area contributed by atoms with E-state index in [0.717, 1.165) is 34.3 Å². The highest BCUT2D eigenvalue weighted by atomic mass is 79.9. The highest BCUT2D eigenvalue weighted by Gasteiger charge is 2.26. The summed E-state index contributed by atoms with van der Waals surface area (Å²) in [4.78, 5) is 8.30. The standard InChI is InChI=1S/C15H14BrN3S/c16-10-4-5-11-9(8-10)3-6-12-14(11)18-15(17-12)13-2-1-7-19(13)20/h3-6,8,13,20H,1-2,7H2,(H,17,18). The molecule has 1 fully saturated rings. The van der Waals surface area contributed by atoms with E-state index >= 15 is 0 Å². The number of imidazole rings is 1. The molecule has 1 aliphatic rings. The fourth-order valence-corrected chi connectivity index (χ4v) is 3.72. The number of aromatic nitrogens is 2. The van der Waals surface area contributed by atoms with Gasteiger partial charge in [-0.2, -0.15) is 0 Å². The smallest absolute Gasteiger partial charge is 0.125 e. The first kappa shape index (κ1) is 12.7. The third kappa shape index (κ3) is 1.96. The van der Waals surface area contributed by atoms with E-state index in [1.807, 2.05) is 0 Å². The van der Waals surface area contributed by atoms with Crippen molar-refractivity contribution in [3.05, 3.63) is 40.6 Å². The Bertz CT molecular complexity index is 798. The number of fused-ring (bicyclic) bond motifs is 3. The van der Waals surface area contributed by atoms with Gasteiger partial charge in [0, 0.05) is 16.4 Å². The van der Waals surface area contributed by atoms with Crippen molar-refractivity contribution in [2.24, 2.45) is 0 Å². The quantitative estimate of drug-likeness (QED) is 0.637. The highest BCUT2D eigenvalue weighted by Crippen LogP contribution is 2.34. The number of nitrogens with zero attached hydrogens (tertiary/aromatic N) is 2. The topological polar surface area (TPSA) is 31.9 Å². The van der Waals surface area contributed by atoms with Crippen molar-refractivity contribution in [2.45, 2.75) is 18.9 Å². The Hall–Kier alpha value is -1.04. The van der Waals surface area contributed by atoms with Crippen molar-refractivity contribution in [3.8, 4) is 0 Å². The Kier molecular flexibility index (Phi) is 3.02. The number of benzene rings is 2. The molecule has 2 aromatic carbocycles. The van der Waals surface area contributed by atoms with Crippen LogP contribution in [0.15, 0.2) is 34.8 Å². The zero-order valence-electron chi connectivity index (χ0n) is 10.8. The third-order valence-electron chi connectivity index (χ3n) is 3.99. The van der Waals surface area contributed by atoms with Gasteiger partial charge in [0.25, 0.3) is 0 Å². The molecule has 0 amide bonds. The zero-order valence-corrected chi connectivity index (χ0v) is 13.3. The van der Waals surface area contributed by atoms with E-state index in [9.17, 15) is 0 Å². The van der Waals surface area contributed by atoms with Crippen LogP contribution in [0.1, 0.15) is 24.7 Å². The molecule has 5 heteroatoms. The average Bonchev–Trinajstić information content (AvgIpc) is 3.03. The van der Waals surface area contributed by atoms with Gasteiger partial charge in [-0.25, -0.2) is 9.29 Å². The van der Waals surface area contributed by atoms with Gasteiger partial charge >= 0.3 is 0 Å². The van der Waals surface area contributed by atoms with Gasteiger partial charge in [-0.3, -0.25) is 0 Å². The first-order valence-electron chi connectivity index (χ1n) is 6.76. The van der Waals surface area contributed by atoms with Crippen LogP contribution in [0.25, 0.3) is 21.8 Å². The van der Waals surface area contributed by atoms with E-state index in [0.29, 0.717) is 6.04 Å². The lowest BCUT2D eigenvalue weighted by molar-refractivity contribution is 0.441. The summed E-state index contributed by atoms with van der Waals surface area (Å²) in [7, 11) is 0. The van der Waals surface area contributed by atoms with Gasteiger partial charge < -0.3 is 4.98 Å². The summed E-state index contributed by atoms with van der Waals surface area (Å²) in [5.74, 6) is 1.03. The Morgan fingerprint density at radius 2 is 2.20 bits per heavy atom. The molecule has 0 aliphatic carbocycles. The molecule has 1 atom stereocenters. The number of rotatable bonds is 1. The third-order valence-corrected chi connectivity index (χ3v) is 4.96. The predicted octanol–water partition coefficient (Wildman–Crippen LogP) is 4.46. The molecule has 20 heavy (non-hydrogen) atoms. The molecule has 4 rings (SSSR count). The summed E-state index contributed by atoms with van der Waals surface area (Å²) in [6.45, 7) is 1.03. The minimum Gasteiger partial charge on any atom is -0.341 e. The molecule has 3 nitrogen and oxygen atoms in total. The van der Waals surface area contributed by atoms with E-state index in [2.05, 4.69) is 68.4 Å². The van der Waals surface area contributed by atoms with Crippen LogP contribution in [0.2, 0.25) is 0 Å². The van der Waals surface area contributed by atoms with E-state index in [1.54, 1.807) is 0 Å². The molecule has 102 valence electrons. The monoisotopic (exact) mass is 347 g/mol. The molecule has 1 saturated heterocycles. The molecular formula is C15H14BrN3S. The number of aromatic amines is 1. The maximum atomic E-state index is 4.84. The van der Waals surface area contributed by atoms with Crippen LogP contribution < -0.4 is 0 Å². The van der Waals surface area contributed by atoms with Crippen molar-refractivity contribution in [3.63, 3.8) is 0 Å². The summed E-state index contributed by atoms with van der Waals surface area (Å²) in [6, 6.07) is 10.9. The van der Waals surface area contributed by atoms with Crippen LogP contribution in [-0.2, 0) is 0 Å². The molecule has 1 aromatic heterocycles. The van der Waals surface area contributed by atoms with Crippen LogP contribution >= 0.6 is 28.7 Å². The number of nitrogens with one attached hydrogen (secondary N) is 1. The average molecular weight is 348 g/mol. The first-order chi connectivity index (χ1) is 9.72. The minimum absolute atomic E-state index is 0.302. The maximum Gasteiger partial charge on any atom is 0.125 e. The van der Waals surface area contributed by atoms with E-state index in [-0.39, 0.29) is 0 Å². The Balaban J connectivity index is 1.92. The fraction of sp³-hybridized carbons (Fsp3) is 0.267. The second-order valence-corrected chi connectivity index (χ2v) is 6.70. The molecule has 1 unspecified atom stereocenters. The Labute approximate surface area is 131 Å². The molecule has 0 bridgehead atoms.